The van der Waals surface area contributed by atoms with Crippen molar-refractivity contribution < 1.29 is 22.0 Å². The number of hydrogen-bond donors (Lipinski definition) is 1. The minimum absolute atomic E-state index is 0.0964. The van der Waals surface area contributed by atoms with Crippen molar-refractivity contribution in [3.8, 4) is 0 Å². The van der Waals surface area contributed by atoms with Gasteiger partial charge in [0.15, 0.2) is 11.6 Å². The van der Waals surface area contributed by atoms with Crippen LogP contribution >= 0.6 is 0 Å². The van der Waals surface area contributed by atoms with Crippen LogP contribution in [0.4, 0.5) is 22.0 Å². The molecule has 0 saturated carbocycles. The quantitative estimate of drug-likeness (QED) is 0.869. The Hall–Kier alpha value is -1.21. The summed E-state index contributed by atoms with van der Waals surface area (Å²) < 4.78 is 64.2. The van der Waals surface area contributed by atoms with Gasteiger partial charge < -0.3 is 10.6 Å². The van der Waals surface area contributed by atoms with Crippen LogP contribution < -0.4 is 5.73 Å². The number of rotatable bonds is 3. The highest BCUT2D eigenvalue weighted by atomic mass is 19.4. The molecule has 0 aliphatic carbocycles. The van der Waals surface area contributed by atoms with Crippen molar-refractivity contribution in [3.05, 3.63) is 35.4 Å². The minimum Gasteiger partial charge on any atom is -0.323 e. The van der Waals surface area contributed by atoms with Crippen molar-refractivity contribution in [2.75, 3.05) is 19.6 Å². The Kier molecular flexibility index (Phi) is 4.83. The van der Waals surface area contributed by atoms with Crippen LogP contribution in [0.2, 0.25) is 0 Å². The topological polar surface area (TPSA) is 29.3 Å². The van der Waals surface area contributed by atoms with Crippen LogP contribution in [0, 0.1) is 17.6 Å². The second-order valence-corrected chi connectivity index (χ2v) is 5.42. The van der Waals surface area contributed by atoms with Gasteiger partial charge in [-0.15, -0.1) is 0 Å². The van der Waals surface area contributed by atoms with Crippen molar-refractivity contribution >= 4 is 0 Å². The van der Waals surface area contributed by atoms with Gasteiger partial charge in [0.05, 0.1) is 5.92 Å². The van der Waals surface area contributed by atoms with E-state index in [9.17, 15) is 22.0 Å². The third-order valence-electron chi connectivity index (χ3n) is 3.80. The molecule has 2 N–H and O–H groups in total. The average Bonchev–Trinajstić information content (AvgIpc) is 2.41. The Morgan fingerprint density at radius 3 is 2.57 bits per heavy atom. The molecule has 0 radical (unpaired) electrons. The summed E-state index contributed by atoms with van der Waals surface area (Å²) in [7, 11) is 0. The SMILES string of the molecule is NC(CN1CCCC(C(F)(F)F)C1)c1ccc(F)c(F)c1. The van der Waals surface area contributed by atoms with Crippen LogP contribution in [0.15, 0.2) is 18.2 Å². The number of nitrogens with two attached hydrogens (primary N) is 1. The maximum atomic E-state index is 13.1. The molecule has 2 atom stereocenters. The fourth-order valence-electron chi connectivity index (χ4n) is 2.62. The molecule has 1 aromatic rings. The van der Waals surface area contributed by atoms with Gasteiger partial charge in [0.1, 0.15) is 0 Å². The maximum absolute atomic E-state index is 13.1. The molecule has 1 fully saturated rings. The minimum atomic E-state index is -4.20. The van der Waals surface area contributed by atoms with Crippen molar-refractivity contribution in [2.45, 2.75) is 25.1 Å². The van der Waals surface area contributed by atoms with Crippen LogP contribution in [-0.4, -0.2) is 30.7 Å². The van der Waals surface area contributed by atoms with Crippen LogP contribution in [0.3, 0.4) is 0 Å². The molecule has 118 valence electrons. The normalized spacial score (nSPS) is 22.3. The molecular formula is C14H17F5N2. The lowest BCUT2D eigenvalue weighted by Crippen LogP contribution is -2.44. The molecule has 2 unspecified atom stereocenters. The number of halogens is 5. The Labute approximate surface area is 119 Å². The van der Waals surface area contributed by atoms with E-state index >= 15 is 0 Å². The summed E-state index contributed by atoms with van der Waals surface area (Å²) in [5, 5.41) is 0. The highest BCUT2D eigenvalue weighted by Crippen LogP contribution is 2.33. The van der Waals surface area contributed by atoms with E-state index in [4.69, 9.17) is 5.73 Å². The summed E-state index contributed by atoms with van der Waals surface area (Å²) in [4.78, 5) is 1.63. The number of alkyl halides is 3. The predicted molar refractivity (Wildman–Crippen MR) is 68.5 cm³/mol. The molecule has 2 rings (SSSR count). The van der Waals surface area contributed by atoms with Crippen molar-refractivity contribution in [1.29, 1.82) is 0 Å². The Bertz CT molecular complexity index is 489. The molecule has 0 spiro atoms. The van der Waals surface area contributed by atoms with Crippen LogP contribution in [0.1, 0.15) is 24.4 Å². The molecule has 7 heteroatoms. The zero-order valence-electron chi connectivity index (χ0n) is 11.3. The standard InChI is InChI=1S/C14H17F5N2/c15-11-4-3-9(6-12(11)16)13(20)8-21-5-1-2-10(7-21)14(17,18)19/h3-4,6,10,13H,1-2,5,7-8,20H2. The third-order valence-corrected chi connectivity index (χ3v) is 3.80. The zero-order chi connectivity index (χ0) is 15.6. The van der Waals surface area contributed by atoms with Gasteiger partial charge in [0.25, 0.3) is 0 Å². The first-order valence-electron chi connectivity index (χ1n) is 6.77. The lowest BCUT2D eigenvalue weighted by molar-refractivity contribution is -0.186. The molecule has 0 aromatic heterocycles. The van der Waals surface area contributed by atoms with Crippen LogP contribution in [-0.2, 0) is 0 Å². The third kappa shape index (κ3) is 4.14. The fraction of sp³-hybridized carbons (Fsp3) is 0.571. The highest BCUT2D eigenvalue weighted by molar-refractivity contribution is 5.21. The van der Waals surface area contributed by atoms with Gasteiger partial charge in [-0.3, -0.25) is 0 Å². The molecular weight excluding hydrogens is 291 g/mol. The first-order valence-corrected chi connectivity index (χ1v) is 6.77. The molecule has 1 heterocycles. The molecule has 1 aromatic carbocycles. The van der Waals surface area contributed by atoms with E-state index in [1.54, 1.807) is 4.90 Å². The largest absolute Gasteiger partial charge is 0.393 e. The number of benzene rings is 1. The summed E-state index contributed by atoms with van der Waals surface area (Å²) in [5.41, 5.74) is 6.27. The molecule has 0 bridgehead atoms. The number of piperidine rings is 1. The van der Waals surface area contributed by atoms with Crippen molar-refractivity contribution in [3.63, 3.8) is 0 Å². The maximum Gasteiger partial charge on any atom is 0.393 e. The van der Waals surface area contributed by atoms with Crippen LogP contribution in [0.25, 0.3) is 0 Å². The lowest BCUT2D eigenvalue weighted by Gasteiger charge is -2.35. The second kappa shape index (κ2) is 6.27. The summed E-state index contributed by atoms with van der Waals surface area (Å²) in [5.74, 6) is -3.32. The van der Waals surface area contributed by atoms with E-state index in [2.05, 4.69) is 0 Å². The predicted octanol–water partition coefficient (Wildman–Crippen LogP) is 3.24. The Balaban J connectivity index is 1.98. The van der Waals surface area contributed by atoms with E-state index in [-0.39, 0.29) is 19.5 Å². The molecule has 1 aliphatic heterocycles. The first kappa shape index (κ1) is 16.2. The second-order valence-electron chi connectivity index (χ2n) is 5.42. The van der Waals surface area contributed by atoms with Gasteiger partial charge in [-0.05, 0) is 37.1 Å². The molecule has 21 heavy (non-hydrogen) atoms. The van der Waals surface area contributed by atoms with Gasteiger partial charge in [-0.25, -0.2) is 8.78 Å². The van der Waals surface area contributed by atoms with Gasteiger partial charge in [-0.2, -0.15) is 13.2 Å². The van der Waals surface area contributed by atoms with Crippen LogP contribution in [0.5, 0.6) is 0 Å². The average molecular weight is 308 g/mol. The Morgan fingerprint density at radius 1 is 1.24 bits per heavy atom. The zero-order valence-corrected chi connectivity index (χ0v) is 11.3. The van der Waals surface area contributed by atoms with Gasteiger partial charge in [-0.1, -0.05) is 6.07 Å². The van der Waals surface area contributed by atoms with E-state index in [0.29, 0.717) is 18.5 Å². The van der Waals surface area contributed by atoms with E-state index in [1.807, 2.05) is 0 Å². The Morgan fingerprint density at radius 2 is 1.95 bits per heavy atom. The highest BCUT2D eigenvalue weighted by Gasteiger charge is 2.41. The number of hydrogen-bond acceptors (Lipinski definition) is 2. The number of nitrogens with zero attached hydrogens (tertiary/aromatic N) is 1. The van der Waals surface area contributed by atoms with E-state index < -0.39 is 29.8 Å². The first-order chi connectivity index (χ1) is 9.77. The summed E-state index contributed by atoms with van der Waals surface area (Å²) in [6.07, 6.45) is -3.63. The molecule has 1 aliphatic rings. The van der Waals surface area contributed by atoms with Crippen molar-refractivity contribution in [1.82, 2.24) is 4.90 Å². The van der Waals surface area contributed by atoms with Gasteiger partial charge in [0.2, 0.25) is 0 Å². The number of likely N-dealkylation sites (tertiary alicyclic amines) is 1. The van der Waals surface area contributed by atoms with Crippen molar-refractivity contribution in [2.24, 2.45) is 11.7 Å². The summed E-state index contributed by atoms with van der Waals surface area (Å²) in [6.45, 7) is 0.627. The molecule has 0 amide bonds. The smallest absolute Gasteiger partial charge is 0.323 e. The van der Waals surface area contributed by atoms with E-state index in [1.165, 1.54) is 6.07 Å². The lowest BCUT2D eigenvalue weighted by atomic mass is 9.96. The summed E-state index contributed by atoms with van der Waals surface area (Å²) >= 11 is 0. The van der Waals surface area contributed by atoms with Gasteiger partial charge in [0, 0.05) is 19.1 Å². The van der Waals surface area contributed by atoms with Gasteiger partial charge >= 0.3 is 6.18 Å². The van der Waals surface area contributed by atoms with E-state index in [0.717, 1.165) is 12.1 Å². The monoisotopic (exact) mass is 308 g/mol. The fourth-order valence-corrected chi connectivity index (χ4v) is 2.62. The summed E-state index contributed by atoms with van der Waals surface area (Å²) in [6, 6.07) is 2.67. The molecule has 1 saturated heterocycles. The molecule has 2 nitrogen and oxygen atoms in total.